The van der Waals surface area contributed by atoms with E-state index < -0.39 is 18.6 Å². The molecule has 1 rings (SSSR count). The fraction of sp³-hybridized carbons (Fsp3) is 0.400. The molecule has 0 fully saturated rings. The van der Waals surface area contributed by atoms with E-state index in [9.17, 15) is 13.2 Å². The van der Waals surface area contributed by atoms with Gasteiger partial charge in [0.05, 0.1) is 13.5 Å². The summed E-state index contributed by atoms with van der Waals surface area (Å²) >= 11 is 3.18. The first-order valence-corrected chi connectivity index (χ1v) is 5.28. The van der Waals surface area contributed by atoms with Gasteiger partial charge in [0.1, 0.15) is 5.75 Å². The Morgan fingerprint density at radius 2 is 2.00 bits per heavy atom. The summed E-state index contributed by atoms with van der Waals surface area (Å²) in [6.45, 7) is 0. The summed E-state index contributed by atoms with van der Waals surface area (Å²) in [6.07, 6.45) is -5.35. The van der Waals surface area contributed by atoms with Gasteiger partial charge in [-0.05, 0) is 18.2 Å². The van der Waals surface area contributed by atoms with Gasteiger partial charge in [-0.1, -0.05) is 15.9 Å². The maximum absolute atomic E-state index is 12.2. The van der Waals surface area contributed by atoms with E-state index in [4.69, 9.17) is 10.5 Å². The lowest BCUT2D eigenvalue weighted by Crippen LogP contribution is -2.20. The predicted molar refractivity (Wildman–Crippen MR) is 65.5 cm³/mol. The van der Waals surface area contributed by atoms with Gasteiger partial charge in [-0.15, -0.1) is 12.4 Å². The second kappa shape index (κ2) is 6.47. The molecule has 0 heterocycles. The minimum absolute atomic E-state index is 0. The molecule has 98 valence electrons. The summed E-state index contributed by atoms with van der Waals surface area (Å²) in [5, 5.41) is 0. The normalized spacial score (nSPS) is 12.8. The molecule has 0 radical (unpaired) electrons. The number of methoxy groups -OCH3 is 1. The van der Waals surface area contributed by atoms with E-state index >= 15 is 0 Å². The smallest absolute Gasteiger partial charge is 0.390 e. The summed E-state index contributed by atoms with van der Waals surface area (Å²) in [4.78, 5) is 0. The zero-order valence-corrected chi connectivity index (χ0v) is 11.3. The summed E-state index contributed by atoms with van der Waals surface area (Å²) in [5.74, 6) is 0.361. The van der Waals surface area contributed by atoms with Crippen LogP contribution in [0.2, 0.25) is 0 Å². The molecule has 0 aliphatic carbocycles. The third-order valence-electron chi connectivity index (χ3n) is 2.04. The SMILES string of the molecule is COc1ccc(Br)cc1[C@H](N)CC(F)(F)F.Cl. The number of hydrogen-bond donors (Lipinski definition) is 1. The first-order valence-electron chi connectivity index (χ1n) is 4.49. The molecule has 0 aliphatic rings. The highest BCUT2D eigenvalue weighted by atomic mass is 79.9. The fourth-order valence-electron chi connectivity index (χ4n) is 1.35. The summed E-state index contributed by atoms with van der Waals surface area (Å²) < 4.78 is 42.2. The average Bonchev–Trinajstić information content (AvgIpc) is 2.15. The van der Waals surface area contributed by atoms with Gasteiger partial charge in [0.25, 0.3) is 0 Å². The van der Waals surface area contributed by atoms with Crippen LogP contribution in [0.15, 0.2) is 22.7 Å². The van der Waals surface area contributed by atoms with E-state index in [1.165, 1.54) is 13.2 Å². The zero-order valence-electron chi connectivity index (χ0n) is 8.92. The Hall–Kier alpha value is -0.460. The third-order valence-corrected chi connectivity index (χ3v) is 2.54. The Bertz CT molecular complexity index is 373. The molecule has 0 aliphatic heterocycles. The molecule has 0 spiro atoms. The van der Waals surface area contributed by atoms with Crippen molar-refractivity contribution in [1.82, 2.24) is 0 Å². The lowest BCUT2D eigenvalue weighted by Gasteiger charge is -2.17. The minimum Gasteiger partial charge on any atom is -0.496 e. The molecule has 17 heavy (non-hydrogen) atoms. The van der Waals surface area contributed by atoms with E-state index in [1.54, 1.807) is 12.1 Å². The van der Waals surface area contributed by atoms with Crippen molar-refractivity contribution >= 4 is 28.3 Å². The number of alkyl halides is 3. The molecule has 0 saturated carbocycles. The molecule has 1 atom stereocenters. The summed E-state index contributed by atoms with van der Waals surface area (Å²) in [6, 6.07) is 3.68. The van der Waals surface area contributed by atoms with Crippen LogP contribution in [0.5, 0.6) is 5.75 Å². The molecular formula is C10H12BrClF3NO. The molecule has 1 aromatic rings. The van der Waals surface area contributed by atoms with Crippen LogP contribution in [0.1, 0.15) is 18.0 Å². The van der Waals surface area contributed by atoms with Gasteiger partial charge in [0.15, 0.2) is 0 Å². The standard InChI is InChI=1S/C10H11BrF3NO.ClH/c1-16-9-3-2-6(11)4-7(9)8(15)5-10(12,13)14;/h2-4,8H,5,15H2,1H3;1H/t8-;/m1./s1. The molecule has 2 N–H and O–H groups in total. The lowest BCUT2D eigenvalue weighted by molar-refractivity contribution is -0.138. The average molecular weight is 335 g/mol. The first-order chi connectivity index (χ1) is 7.33. The fourth-order valence-corrected chi connectivity index (χ4v) is 1.73. The molecule has 2 nitrogen and oxygen atoms in total. The predicted octanol–water partition coefficient (Wildman–Crippen LogP) is 3.83. The Morgan fingerprint density at radius 3 is 2.47 bits per heavy atom. The minimum atomic E-state index is -4.28. The van der Waals surface area contributed by atoms with E-state index in [-0.39, 0.29) is 12.4 Å². The van der Waals surface area contributed by atoms with Gasteiger partial charge in [0.2, 0.25) is 0 Å². The van der Waals surface area contributed by atoms with Crippen molar-refractivity contribution in [3.63, 3.8) is 0 Å². The van der Waals surface area contributed by atoms with E-state index in [0.717, 1.165) is 0 Å². The summed E-state index contributed by atoms with van der Waals surface area (Å²) in [5.41, 5.74) is 5.85. The molecule has 1 aromatic carbocycles. The molecule has 0 amide bonds. The second-order valence-corrected chi connectivity index (χ2v) is 4.23. The van der Waals surface area contributed by atoms with Gasteiger partial charge in [-0.25, -0.2) is 0 Å². The number of rotatable bonds is 3. The van der Waals surface area contributed by atoms with Crippen LogP contribution >= 0.6 is 28.3 Å². The van der Waals surface area contributed by atoms with Crippen molar-refractivity contribution < 1.29 is 17.9 Å². The Kier molecular flexibility index (Phi) is 6.29. The van der Waals surface area contributed by atoms with Crippen molar-refractivity contribution in [3.8, 4) is 5.75 Å². The van der Waals surface area contributed by atoms with Crippen molar-refractivity contribution in [2.75, 3.05) is 7.11 Å². The molecule has 0 unspecified atom stereocenters. The number of benzene rings is 1. The third kappa shape index (κ3) is 5.14. The number of ether oxygens (including phenoxy) is 1. The number of halogens is 5. The van der Waals surface area contributed by atoms with Crippen LogP contribution in [0.4, 0.5) is 13.2 Å². The molecule has 0 bridgehead atoms. The van der Waals surface area contributed by atoms with Crippen LogP contribution in [0, 0.1) is 0 Å². The maximum atomic E-state index is 12.2. The van der Waals surface area contributed by atoms with Crippen molar-refractivity contribution in [2.24, 2.45) is 5.73 Å². The molecule has 7 heteroatoms. The maximum Gasteiger partial charge on any atom is 0.390 e. The molecule has 0 saturated heterocycles. The highest BCUT2D eigenvalue weighted by molar-refractivity contribution is 9.10. The summed E-state index contributed by atoms with van der Waals surface area (Å²) in [7, 11) is 1.40. The van der Waals surface area contributed by atoms with Crippen LogP contribution in [-0.4, -0.2) is 13.3 Å². The van der Waals surface area contributed by atoms with Gasteiger partial charge >= 0.3 is 6.18 Å². The molecule has 0 aromatic heterocycles. The highest BCUT2D eigenvalue weighted by Crippen LogP contribution is 2.33. The Morgan fingerprint density at radius 1 is 1.41 bits per heavy atom. The quantitative estimate of drug-likeness (QED) is 0.912. The van der Waals surface area contributed by atoms with E-state index in [1.807, 2.05) is 0 Å². The van der Waals surface area contributed by atoms with Crippen molar-refractivity contribution in [2.45, 2.75) is 18.6 Å². The topological polar surface area (TPSA) is 35.2 Å². The van der Waals surface area contributed by atoms with Gasteiger partial charge in [-0.3, -0.25) is 0 Å². The van der Waals surface area contributed by atoms with Gasteiger partial charge in [-0.2, -0.15) is 13.2 Å². The monoisotopic (exact) mass is 333 g/mol. The number of nitrogens with two attached hydrogens (primary N) is 1. The highest BCUT2D eigenvalue weighted by Gasteiger charge is 2.32. The van der Waals surface area contributed by atoms with E-state index in [0.29, 0.717) is 15.8 Å². The van der Waals surface area contributed by atoms with Gasteiger partial charge < -0.3 is 10.5 Å². The second-order valence-electron chi connectivity index (χ2n) is 3.31. The number of hydrogen-bond acceptors (Lipinski definition) is 2. The Labute approximate surface area is 112 Å². The van der Waals surface area contributed by atoms with Crippen LogP contribution in [0.25, 0.3) is 0 Å². The lowest BCUT2D eigenvalue weighted by atomic mass is 10.0. The Balaban J connectivity index is 0.00000256. The van der Waals surface area contributed by atoms with Crippen LogP contribution in [-0.2, 0) is 0 Å². The zero-order chi connectivity index (χ0) is 12.3. The van der Waals surface area contributed by atoms with E-state index in [2.05, 4.69) is 15.9 Å². The van der Waals surface area contributed by atoms with Crippen LogP contribution < -0.4 is 10.5 Å². The van der Waals surface area contributed by atoms with Crippen molar-refractivity contribution in [1.29, 1.82) is 0 Å². The van der Waals surface area contributed by atoms with Crippen LogP contribution in [0.3, 0.4) is 0 Å². The van der Waals surface area contributed by atoms with Gasteiger partial charge in [0, 0.05) is 16.1 Å². The first kappa shape index (κ1) is 16.5. The largest absolute Gasteiger partial charge is 0.496 e. The van der Waals surface area contributed by atoms with Crippen molar-refractivity contribution in [3.05, 3.63) is 28.2 Å². The molecular weight excluding hydrogens is 322 g/mol.